The van der Waals surface area contributed by atoms with Crippen molar-refractivity contribution in [1.29, 1.82) is 0 Å². The Morgan fingerprint density at radius 2 is 1.81 bits per heavy atom. The Morgan fingerprint density at radius 3 is 2.48 bits per heavy atom. The van der Waals surface area contributed by atoms with Crippen LogP contribution in [0.5, 0.6) is 5.75 Å². The van der Waals surface area contributed by atoms with E-state index in [1.165, 1.54) is 12.1 Å². The van der Waals surface area contributed by atoms with Crippen molar-refractivity contribution in [3.63, 3.8) is 0 Å². The van der Waals surface area contributed by atoms with E-state index >= 15 is 0 Å². The van der Waals surface area contributed by atoms with Gasteiger partial charge in [0.25, 0.3) is 5.91 Å². The second-order valence-electron chi connectivity index (χ2n) is 4.92. The number of benzene rings is 2. The Bertz CT molecular complexity index is 620. The average molecular weight is 287 g/mol. The fourth-order valence-corrected chi connectivity index (χ4v) is 2.06. The SMILES string of the molecule is Cc1cccc(C)c1OCC(=O)NCc1cccc(F)c1. The quantitative estimate of drug-likeness (QED) is 0.917. The van der Waals surface area contributed by atoms with Crippen LogP contribution in [0, 0.1) is 19.7 Å². The van der Waals surface area contributed by atoms with E-state index in [2.05, 4.69) is 5.32 Å². The summed E-state index contributed by atoms with van der Waals surface area (Å²) in [5.74, 6) is 0.189. The molecule has 2 rings (SSSR count). The highest BCUT2D eigenvalue weighted by atomic mass is 19.1. The molecular formula is C17H18FNO2. The van der Waals surface area contributed by atoms with Crippen LogP contribution >= 0.6 is 0 Å². The van der Waals surface area contributed by atoms with E-state index in [9.17, 15) is 9.18 Å². The molecule has 2 aromatic carbocycles. The molecule has 0 atom stereocenters. The van der Waals surface area contributed by atoms with Gasteiger partial charge in [0.15, 0.2) is 6.61 Å². The molecule has 0 bridgehead atoms. The van der Waals surface area contributed by atoms with Crippen LogP contribution < -0.4 is 10.1 Å². The molecule has 0 radical (unpaired) electrons. The van der Waals surface area contributed by atoms with Gasteiger partial charge in [-0.05, 0) is 42.7 Å². The number of hydrogen-bond donors (Lipinski definition) is 1. The minimum absolute atomic E-state index is 0.0546. The molecule has 3 nitrogen and oxygen atoms in total. The summed E-state index contributed by atoms with van der Waals surface area (Å²) in [6.45, 7) is 4.10. The van der Waals surface area contributed by atoms with Crippen LogP contribution in [-0.2, 0) is 11.3 Å². The van der Waals surface area contributed by atoms with Gasteiger partial charge in [-0.3, -0.25) is 4.79 Å². The zero-order chi connectivity index (χ0) is 15.2. The van der Waals surface area contributed by atoms with E-state index in [4.69, 9.17) is 4.74 Å². The van der Waals surface area contributed by atoms with Gasteiger partial charge in [-0.2, -0.15) is 0 Å². The standard InChI is InChI=1S/C17H18FNO2/c1-12-5-3-6-13(2)17(12)21-11-16(20)19-10-14-7-4-8-15(18)9-14/h3-9H,10-11H2,1-2H3,(H,19,20). The van der Waals surface area contributed by atoms with Gasteiger partial charge < -0.3 is 10.1 Å². The van der Waals surface area contributed by atoms with Crippen molar-refractivity contribution in [3.05, 3.63) is 65.0 Å². The molecule has 0 aliphatic rings. The molecule has 110 valence electrons. The van der Waals surface area contributed by atoms with Crippen LogP contribution in [0.25, 0.3) is 0 Å². The molecule has 0 saturated heterocycles. The summed E-state index contributed by atoms with van der Waals surface area (Å²) in [6, 6.07) is 12.0. The first-order valence-electron chi connectivity index (χ1n) is 6.76. The highest BCUT2D eigenvalue weighted by Gasteiger charge is 2.07. The van der Waals surface area contributed by atoms with Crippen LogP contribution in [0.15, 0.2) is 42.5 Å². The highest BCUT2D eigenvalue weighted by Crippen LogP contribution is 2.21. The summed E-state index contributed by atoms with van der Waals surface area (Å²) in [5.41, 5.74) is 2.70. The van der Waals surface area contributed by atoms with Crippen molar-refractivity contribution in [3.8, 4) is 5.75 Å². The van der Waals surface area contributed by atoms with Crippen molar-refractivity contribution in [2.75, 3.05) is 6.61 Å². The Hall–Kier alpha value is -2.36. The van der Waals surface area contributed by atoms with E-state index in [1.54, 1.807) is 12.1 Å². The Morgan fingerprint density at radius 1 is 1.14 bits per heavy atom. The van der Waals surface area contributed by atoms with Crippen LogP contribution in [0.1, 0.15) is 16.7 Å². The van der Waals surface area contributed by atoms with Gasteiger partial charge in [0.2, 0.25) is 0 Å². The number of halogens is 1. The molecule has 0 aromatic heterocycles. The number of carbonyl (C=O) groups excluding carboxylic acids is 1. The minimum Gasteiger partial charge on any atom is -0.483 e. The number of carbonyl (C=O) groups is 1. The monoisotopic (exact) mass is 287 g/mol. The second kappa shape index (κ2) is 6.88. The summed E-state index contributed by atoms with van der Waals surface area (Å²) in [7, 11) is 0. The molecule has 0 aliphatic carbocycles. The average Bonchev–Trinajstić information content (AvgIpc) is 2.45. The van der Waals surface area contributed by atoms with Crippen molar-refractivity contribution in [2.24, 2.45) is 0 Å². The Balaban J connectivity index is 1.85. The van der Waals surface area contributed by atoms with E-state index in [0.29, 0.717) is 0 Å². The van der Waals surface area contributed by atoms with Crippen LogP contribution in [0.3, 0.4) is 0 Å². The summed E-state index contributed by atoms with van der Waals surface area (Å²) in [4.78, 5) is 11.8. The lowest BCUT2D eigenvalue weighted by molar-refractivity contribution is -0.123. The maximum Gasteiger partial charge on any atom is 0.258 e. The summed E-state index contributed by atoms with van der Waals surface area (Å²) in [5, 5.41) is 2.70. The first kappa shape index (κ1) is 15.0. The predicted octanol–water partition coefficient (Wildman–Crippen LogP) is 3.14. The summed E-state index contributed by atoms with van der Waals surface area (Å²) in [6.07, 6.45) is 0. The number of aryl methyl sites for hydroxylation is 2. The number of para-hydroxylation sites is 1. The van der Waals surface area contributed by atoms with Gasteiger partial charge in [0.05, 0.1) is 0 Å². The first-order chi connectivity index (χ1) is 10.1. The molecule has 2 aromatic rings. The van der Waals surface area contributed by atoms with Gasteiger partial charge in [-0.15, -0.1) is 0 Å². The van der Waals surface area contributed by atoms with Crippen LogP contribution in [0.4, 0.5) is 4.39 Å². The van der Waals surface area contributed by atoms with Gasteiger partial charge in [0.1, 0.15) is 11.6 Å². The molecule has 0 saturated carbocycles. The molecule has 4 heteroatoms. The van der Waals surface area contributed by atoms with Crippen LogP contribution in [-0.4, -0.2) is 12.5 Å². The van der Waals surface area contributed by atoms with Crippen molar-refractivity contribution in [2.45, 2.75) is 20.4 Å². The lowest BCUT2D eigenvalue weighted by Crippen LogP contribution is -2.28. The number of amides is 1. The fraction of sp³-hybridized carbons (Fsp3) is 0.235. The molecule has 0 fully saturated rings. The van der Waals surface area contributed by atoms with Gasteiger partial charge in [0, 0.05) is 6.54 Å². The topological polar surface area (TPSA) is 38.3 Å². The highest BCUT2D eigenvalue weighted by molar-refractivity contribution is 5.77. The third kappa shape index (κ3) is 4.31. The number of rotatable bonds is 5. The number of ether oxygens (including phenoxy) is 1. The normalized spacial score (nSPS) is 10.2. The fourth-order valence-electron chi connectivity index (χ4n) is 2.06. The molecule has 21 heavy (non-hydrogen) atoms. The van der Waals surface area contributed by atoms with Gasteiger partial charge >= 0.3 is 0 Å². The molecule has 0 unspecified atom stereocenters. The zero-order valence-electron chi connectivity index (χ0n) is 12.2. The maximum absolute atomic E-state index is 13.0. The van der Waals surface area contributed by atoms with E-state index in [-0.39, 0.29) is 24.9 Å². The maximum atomic E-state index is 13.0. The van der Waals surface area contributed by atoms with Crippen LogP contribution in [0.2, 0.25) is 0 Å². The van der Waals surface area contributed by atoms with E-state index < -0.39 is 0 Å². The molecule has 0 heterocycles. The largest absolute Gasteiger partial charge is 0.483 e. The molecule has 1 amide bonds. The Kier molecular flexibility index (Phi) is 4.93. The summed E-state index contributed by atoms with van der Waals surface area (Å²) >= 11 is 0. The third-order valence-corrected chi connectivity index (χ3v) is 3.14. The second-order valence-corrected chi connectivity index (χ2v) is 4.92. The van der Waals surface area contributed by atoms with E-state index in [1.807, 2.05) is 32.0 Å². The predicted molar refractivity (Wildman–Crippen MR) is 79.7 cm³/mol. The molecule has 0 aliphatic heterocycles. The third-order valence-electron chi connectivity index (χ3n) is 3.14. The van der Waals surface area contributed by atoms with Crippen molar-refractivity contribution in [1.82, 2.24) is 5.32 Å². The lowest BCUT2D eigenvalue weighted by atomic mass is 10.1. The Labute approximate surface area is 123 Å². The number of nitrogens with one attached hydrogen (secondary N) is 1. The zero-order valence-corrected chi connectivity index (χ0v) is 12.2. The summed E-state index contributed by atoms with van der Waals surface area (Å²) < 4.78 is 18.6. The molecular weight excluding hydrogens is 269 g/mol. The smallest absolute Gasteiger partial charge is 0.258 e. The first-order valence-corrected chi connectivity index (χ1v) is 6.76. The van der Waals surface area contributed by atoms with Gasteiger partial charge in [-0.1, -0.05) is 30.3 Å². The van der Waals surface area contributed by atoms with E-state index in [0.717, 1.165) is 22.4 Å². The van der Waals surface area contributed by atoms with Gasteiger partial charge in [-0.25, -0.2) is 4.39 Å². The lowest BCUT2D eigenvalue weighted by Gasteiger charge is -2.12. The minimum atomic E-state index is -0.312. The number of hydrogen-bond acceptors (Lipinski definition) is 2. The van der Waals surface area contributed by atoms with Crippen molar-refractivity contribution >= 4 is 5.91 Å². The van der Waals surface area contributed by atoms with Crippen molar-refractivity contribution < 1.29 is 13.9 Å². The molecule has 1 N–H and O–H groups in total. The molecule has 0 spiro atoms.